The van der Waals surface area contributed by atoms with E-state index in [-0.39, 0.29) is 0 Å². The SMILES string of the molecule is CCSCCOc1ccc(OC)cc1CN. The Bertz CT molecular complexity index is 318. The summed E-state index contributed by atoms with van der Waals surface area (Å²) in [5.41, 5.74) is 6.65. The Hall–Kier alpha value is -0.870. The normalized spacial score (nSPS) is 10.2. The third-order valence-electron chi connectivity index (χ3n) is 2.18. The van der Waals surface area contributed by atoms with E-state index in [9.17, 15) is 0 Å². The Morgan fingerprint density at radius 3 is 2.81 bits per heavy atom. The minimum Gasteiger partial charge on any atom is -0.497 e. The van der Waals surface area contributed by atoms with Crippen molar-refractivity contribution in [2.45, 2.75) is 13.5 Å². The van der Waals surface area contributed by atoms with Crippen molar-refractivity contribution in [3.63, 3.8) is 0 Å². The quantitative estimate of drug-likeness (QED) is 0.744. The van der Waals surface area contributed by atoms with Gasteiger partial charge >= 0.3 is 0 Å². The predicted octanol–water partition coefficient (Wildman–Crippen LogP) is 2.29. The summed E-state index contributed by atoms with van der Waals surface area (Å²) >= 11 is 1.87. The van der Waals surface area contributed by atoms with E-state index in [1.165, 1.54) is 0 Å². The molecule has 0 aliphatic heterocycles. The zero-order chi connectivity index (χ0) is 11.8. The summed E-state index contributed by atoms with van der Waals surface area (Å²) in [5, 5.41) is 0. The van der Waals surface area contributed by atoms with Crippen molar-refractivity contribution in [2.24, 2.45) is 5.73 Å². The molecule has 0 aliphatic rings. The van der Waals surface area contributed by atoms with Crippen LogP contribution in [0.3, 0.4) is 0 Å². The van der Waals surface area contributed by atoms with Gasteiger partial charge in [0.15, 0.2) is 0 Å². The fourth-order valence-electron chi connectivity index (χ4n) is 1.34. The average Bonchev–Trinajstić information content (AvgIpc) is 2.34. The zero-order valence-electron chi connectivity index (χ0n) is 9.86. The molecular weight excluding hydrogens is 222 g/mol. The van der Waals surface area contributed by atoms with Gasteiger partial charge in [0.25, 0.3) is 0 Å². The molecule has 1 aromatic rings. The highest BCUT2D eigenvalue weighted by atomic mass is 32.2. The second-order valence-corrected chi connectivity index (χ2v) is 4.62. The van der Waals surface area contributed by atoms with E-state index in [1.54, 1.807) is 7.11 Å². The van der Waals surface area contributed by atoms with Crippen molar-refractivity contribution in [1.29, 1.82) is 0 Å². The molecular formula is C12H19NO2S. The van der Waals surface area contributed by atoms with Crippen molar-refractivity contribution in [1.82, 2.24) is 0 Å². The predicted molar refractivity (Wildman–Crippen MR) is 69.4 cm³/mol. The van der Waals surface area contributed by atoms with E-state index in [1.807, 2.05) is 30.0 Å². The maximum absolute atomic E-state index is 5.67. The highest BCUT2D eigenvalue weighted by Gasteiger charge is 2.03. The number of nitrogens with two attached hydrogens (primary N) is 1. The number of benzene rings is 1. The Morgan fingerprint density at radius 1 is 1.38 bits per heavy atom. The van der Waals surface area contributed by atoms with Crippen LogP contribution in [-0.2, 0) is 6.54 Å². The van der Waals surface area contributed by atoms with Crippen LogP contribution in [0.2, 0.25) is 0 Å². The van der Waals surface area contributed by atoms with Gasteiger partial charge in [-0.2, -0.15) is 11.8 Å². The Labute approximate surface area is 101 Å². The van der Waals surface area contributed by atoms with Gasteiger partial charge in [-0.25, -0.2) is 0 Å². The molecule has 0 radical (unpaired) electrons. The maximum Gasteiger partial charge on any atom is 0.124 e. The lowest BCUT2D eigenvalue weighted by molar-refractivity contribution is 0.338. The molecule has 0 aliphatic carbocycles. The van der Waals surface area contributed by atoms with E-state index in [0.29, 0.717) is 6.54 Å². The third-order valence-corrected chi connectivity index (χ3v) is 3.04. The first-order valence-corrected chi connectivity index (χ1v) is 6.54. The van der Waals surface area contributed by atoms with Crippen LogP contribution < -0.4 is 15.2 Å². The number of methoxy groups -OCH3 is 1. The van der Waals surface area contributed by atoms with Crippen LogP contribution in [0.1, 0.15) is 12.5 Å². The summed E-state index contributed by atoms with van der Waals surface area (Å²) in [5.74, 6) is 3.80. The van der Waals surface area contributed by atoms with Crippen molar-refractivity contribution in [3.8, 4) is 11.5 Å². The Morgan fingerprint density at radius 2 is 2.19 bits per heavy atom. The van der Waals surface area contributed by atoms with Crippen molar-refractivity contribution in [2.75, 3.05) is 25.2 Å². The van der Waals surface area contributed by atoms with Gasteiger partial charge in [-0.3, -0.25) is 0 Å². The Balaban J connectivity index is 2.57. The molecule has 0 bridgehead atoms. The molecule has 3 nitrogen and oxygen atoms in total. The first-order valence-electron chi connectivity index (χ1n) is 5.39. The first-order chi connectivity index (χ1) is 7.81. The molecule has 0 fully saturated rings. The molecule has 4 heteroatoms. The van der Waals surface area contributed by atoms with Gasteiger partial charge in [0.05, 0.1) is 13.7 Å². The molecule has 0 heterocycles. The molecule has 2 N–H and O–H groups in total. The van der Waals surface area contributed by atoms with Crippen molar-refractivity contribution < 1.29 is 9.47 Å². The summed E-state index contributed by atoms with van der Waals surface area (Å²) in [6.07, 6.45) is 0. The molecule has 0 saturated heterocycles. The lowest BCUT2D eigenvalue weighted by Crippen LogP contribution is -2.05. The van der Waals surface area contributed by atoms with Crippen molar-refractivity contribution >= 4 is 11.8 Å². The maximum atomic E-state index is 5.67. The molecule has 0 saturated carbocycles. The van der Waals surface area contributed by atoms with Crippen LogP contribution in [0.4, 0.5) is 0 Å². The standard InChI is InChI=1S/C12H19NO2S/c1-3-16-7-6-15-12-5-4-11(14-2)8-10(12)9-13/h4-5,8H,3,6-7,9,13H2,1-2H3. The smallest absolute Gasteiger partial charge is 0.124 e. The van der Waals surface area contributed by atoms with Crippen LogP contribution in [-0.4, -0.2) is 25.2 Å². The van der Waals surface area contributed by atoms with E-state index in [0.717, 1.165) is 35.2 Å². The van der Waals surface area contributed by atoms with Crippen LogP contribution in [0.25, 0.3) is 0 Å². The lowest BCUT2D eigenvalue weighted by atomic mass is 10.2. The van der Waals surface area contributed by atoms with E-state index in [2.05, 4.69) is 6.92 Å². The van der Waals surface area contributed by atoms with Crippen LogP contribution in [0, 0.1) is 0 Å². The third kappa shape index (κ3) is 3.94. The summed E-state index contributed by atoms with van der Waals surface area (Å²) in [4.78, 5) is 0. The van der Waals surface area contributed by atoms with Gasteiger partial charge < -0.3 is 15.2 Å². The highest BCUT2D eigenvalue weighted by Crippen LogP contribution is 2.23. The first kappa shape index (κ1) is 13.2. The van der Waals surface area contributed by atoms with Gasteiger partial charge in [-0.05, 0) is 24.0 Å². The van der Waals surface area contributed by atoms with Crippen LogP contribution in [0.15, 0.2) is 18.2 Å². The number of hydrogen-bond acceptors (Lipinski definition) is 4. The topological polar surface area (TPSA) is 44.5 Å². The van der Waals surface area contributed by atoms with Crippen molar-refractivity contribution in [3.05, 3.63) is 23.8 Å². The zero-order valence-corrected chi connectivity index (χ0v) is 10.7. The lowest BCUT2D eigenvalue weighted by Gasteiger charge is -2.11. The number of rotatable bonds is 7. The largest absolute Gasteiger partial charge is 0.497 e. The van der Waals surface area contributed by atoms with Crippen LogP contribution in [0.5, 0.6) is 11.5 Å². The molecule has 1 aromatic carbocycles. The molecule has 0 aromatic heterocycles. The summed E-state index contributed by atoms with van der Waals surface area (Å²) < 4.78 is 10.8. The second-order valence-electron chi connectivity index (χ2n) is 3.22. The summed E-state index contributed by atoms with van der Waals surface area (Å²) in [6, 6.07) is 5.72. The monoisotopic (exact) mass is 241 g/mol. The minimum atomic E-state index is 0.466. The molecule has 0 amide bonds. The van der Waals surface area contributed by atoms with E-state index in [4.69, 9.17) is 15.2 Å². The molecule has 0 atom stereocenters. The van der Waals surface area contributed by atoms with Crippen LogP contribution >= 0.6 is 11.8 Å². The fraction of sp³-hybridized carbons (Fsp3) is 0.500. The number of hydrogen-bond donors (Lipinski definition) is 1. The summed E-state index contributed by atoms with van der Waals surface area (Å²) in [6.45, 7) is 3.33. The number of ether oxygens (including phenoxy) is 2. The van der Waals surface area contributed by atoms with Gasteiger partial charge in [-0.15, -0.1) is 0 Å². The molecule has 0 spiro atoms. The van der Waals surface area contributed by atoms with Gasteiger partial charge in [0.2, 0.25) is 0 Å². The van der Waals surface area contributed by atoms with Gasteiger partial charge in [0.1, 0.15) is 11.5 Å². The van der Waals surface area contributed by atoms with Gasteiger partial charge in [0, 0.05) is 17.9 Å². The molecule has 90 valence electrons. The molecule has 0 unspecified atom stereocenters. The van der Waals surface area contributed by atoms with E-state index < -0.39 is 0 Å². The average molecular weight is 241 g/mol. The molecule has 1 rings (SSSR count). The highest BCUT2D eigenvalue weighted by molar-refractivity contribution is 7.99. The van der Waals surface area contributed by atoms with Gasteiger partial charge in [-0.1, -0.05) is 6.92 Å². The van der Waals surface area contributed by atoms with E-state index >= 15 is 0 Å². The summed E-state index contributed by atoms with van der Waals surface area (Å²) in [7, 11) is 1.65. The number of thioether (sulfide) groups is 1. The Kier molecular flexibility index (Phi) is 6.11. The minimum absolute atomic E-state index is 0.466. The second kappa shape index (κ2) is 7.41. The fourth-order valence-corrected chi connectivity index (χ4v) is 1.83. The molecule has 16 heavy (non-hydrogen) atoms.